The van der Waals surface area contributed by atoms with Gasteiger partial charge in [-0.15, -0.1) is 11.3 Å². The highest BCUT2D eigenvalue weighted by Gasteiger charge is 2.29. The van der Waals surface area contributed by atoms with Crippen LogP contribution >= 0.6 is 11.3 Å². The van der Waals surface area contributed by atoms with Gasteiger partial charge in [-0.3, -0.25) is 4.21 Å². The number of fused-ring (bicyclic) bond motifs is 1. The molecular formula is C23H23N5O2S2. The summed E-state index contributed by atoms with van der Waals surface area (Å²) in [6, 6.07) is 12.0. The Morgan fingerprint density at radius 3 is 2.56 bits per heavy atom. The molecule has 0 saturated heterocycles. The maximum Gasteiger partial charge on any atom is 0.222 e. The fourth-order valence-corrected chi connectivity index (χ4v) is 6.91. The molecule has 0 spiro atoms. The number of aromatic nitrogens is 3. The second-order valence-corrected chi connectivity index (χ2v) is 10.6. The second-order valence-electron chi connectivity index (χ2n) is 7.70. The summed E-state index contributed by atoms with van der Waals surface area (Å²) in [4.78, 5) is 14.3. The van der Waals surface area contributed by atoms with E-state index < -0.39 is 10.8 Å². The third kappa shape index (κ3) is 3.87. The molecule has 1 fully saturated rings. The number of aliphatic hydroxyl groups is 1. The van der Waals surface area contributed by atoms with Crippen molar-refractivity contribution in [2.75, 3.05) is 24.2 Å². The lowest BCUT2D eigenvalue weighted by atomic mass is 10.00. The van der Waals surface area contributed by atoms with Crippen LogP contribution in [0.25, 0.3) is 32.6 Å². The molecule has 5 rings (SSSR count). The van der Waals surface area contributed by atoms with Gasteiger partial charge in [0.15, 0.2) is 0 Å². The molecule has 0 bridgehead atoms. The van der Waals surface area contributed by atoms with Gasteiger partial charge in [-0.1, -0.05) is 36.8 Å². The van der Waals surface area contributed by atoms with Crippen LogP contribution in [0.3, 0.4) is 0 Å². The molecule has 1 saturated carbocycles. The van der Waals surface area contributed by atoms with E-state index in [1.165, 1.54) is 11.3 Å². The van der Waals surface area contributed by atoms with Crippen molar-refractivity contribution >= 4 is 44.0 Å². The molecule has 3 heterocycles. The molecule has 1 atom stereocenters. The van der Waals surface area contributed by atoms with Crippen LogP contribution in [0.5, 0.6) is 0 Å². The summed E-state index contributed by atoms with van der Waals surface area (Å²) >= 11 is 1.42. The van der Waals surface area contributed by atoms with Gasteiger partial charge >= 0.3 is 0 Å². The minimum absolute atomic E-state index is 0.00807. The molecule has 3 aromatic heterocycles. The first-order valence-electron chi connectivity index (χ1n) is 10.5. The number of aliphatic hydroxyl groups excluding tert-OH is 1. The molecule has 1 aliphatic rings. The van der Waals surface area contributed by atoms with E-state index in [4.69, 9.17) is 15.8 Å². The van der Waals surface area contributed by atoms with Crippen molar-refractivity contribution in [2.24, 2.45) is 0 Å². The highest BCUT2D eigenvalue weighted by molar-refractivity contribution is 7.88. The smallest absolute Gasteiger partial charge is 0.222 e. The Kier molecular flexibility index (Phi) is 5.86. The van der Waals surface area contributed by atoms with Crippen LogP contribution in [-0.4, -0.2) is 42.7 Å². The third-order valence-electron chi connectivity index (χ3n) is 5.63. The van der Waals surface area contributed by atoms with Crippen LogP contribution in [0.2, 0.25) is 0 Å². The number of nitrogens with two attached hydrogens (primary N) is 1. The summed E-state index contributed by atoms with van der Waals surface area (Å²) in [6.45, 7) is 0.394. The average molecular weight is 466 g/mol. The molecule has 1 unspecified atom stereocenters. The summed E-state index contributed by atoms with van der Waals surface area (Å²) < 4.78 is 13.8. The zero-order chi connectivity index (χ0) is 22.1. The summed E-state index contributed by atoms with van der Waals surface area (Å²) in [7, 11) is -1.11. The molecule has 1 aromatic carbocycles. The monoisotopic (exact) mass is 465 g/mol. The Bertz CT molecular complexity index is 1270. The van der Waals surface area contributed by atoms with E-state index >= 15 is 0 Å². The Morgan fingerprint density at radius 1 is 1.16 bits per heavy atom. The highest BCUT2D eigenvalue weighted by atomic mass is 32.2. The van der Waals surface area contributed by atoms with E-state index in [-0.39, 0.29) is 11.9 Å². The van der Waals surface area contributed by atoms with E-state index in [0.717, 1.165) is 56.1 Å². The van der Waals surface area contributed by atoms with Gasteiger partial charge in [0.25, 0.3) is 0 Å². The number of hydrogen-bond acceptors (Lipinski definition) is 8. The summed E-state index contributed by atoms with van der Waals surface area (Å²) in [6.07, 6.45) is 6.51. The van der Waals surface area contributed by atoms with Crippen molar-refractivity contribution in [3.63, 3.8) is 0 Å². The lowest BCUT2D eigenvalue weighted by molar-refractivity contribution is 0.311. The molecule has 7 nitrogen and oxygen atoms in total. The fourth-order valence-electron chi connectivity index (χ4n) is 3.70. The molecule has 0 amide bonds. The van der Waals surface area contributed by atoms with Gasteiger partial charge in [0, 0.05) is 35.1 Å². The maximum atomic E-state index is 13.1. The lowest BCUT2D eigenvalue weighted by Gasteiger charge is -2.23. The third-order valence-corrected chi connectivity index (χ3v) is 8.93. The number of nitrogens with zero attached hydrogens (tertiary/aromatic N) is 3. The Hall–Kier alpha value is -2.88. The molecule has 164 valence electrons. The van der Waals surface area contributed by atoms with E-state index in [1.54, 1.807) is 12.4 Å². The van der Waals surface area contributed by atoms with Crippen molar-refractivity contribution in [3.05, 3.63) is 48.8 Å². The van der Waals surface area contributed by atoms with Crippen LogP contribution in [0.1, 0.15) is 19.3 Å². The standard InChI is InChI=1S/C23H23N5O2S2/c24-20-19-17(14-5-2-1-3-6-14)11-18(15-12-26-23(27-13-15)25-9-10-29)28-21(19)31-22(20)32(30)16-7-4-8-16/h1-3,5-6,11-13,16,29H,4,7-10,24H2,(H,25,26,27). The fraction of sp³-hybridized carbons (Fsp3) is 0.261. The first-order chi connectivity index (χ1) is 15.7. The van der Waals surface area contributed by atoms with Gasteiger partial charge < -0.3 is 16.2 Å². The van der Waals surface area contributed by atoms with Crippen molar-refractivity contribution in [2.45, 2.75) is 28.7 Å². The molecule has 32 heavy (non-hydrogen) atoms. The van der Waals surface area contributed by atoms with Crippen LogP contribution in [0.4, 0.5) is 11.6 Å². The Morgan fingerprint density at radius 2 is 1.91 bits per heavy atom. The van der Waals surface area contributed by atoms with Crippen molar-refractivity contribution in [3.8, 4) is 22.4 Å². The summed E-state index contributed by atoms with van der Waals surface area (Å²) in [5.41, 5.74) is 10.6. The predicted molar refractivity (Wildman–Crippen MR) is 130 cm³/mol. The van der Waals surface area contributed by atoms with Gasteiger partial charge in [0.05, 0.1) is 28.8 Å². The first-order valence-corrected chi connectivity index (χ1v) is 12.5. The van der Waals surface area contributed by atoms with Crippen molar-refractivity contribution in [1.82, 2.24) is 15.0 Å². The van der Waals surface area contributed by atoms with Crippen LogP contribution < -0.4 is 11.1 Å². The number of anilines is 2. The predicted octanol–water partition coefficient (Wildman–Crippen LogP) is 4.07. The van der Waals surface area contributed by atoms with E-state index in [9.17, 15) is 4.21 Å². The zero-order valence-electron chi connectivity index (χ0n) is 17.3. The Labute approximate surface area is 192 Å². The minimum Gasteiger partial charge on any atom is -0.396 e. The zero-order valence-corrected chi connectivity index (χ0v) is 19.0. The number of hydrogen-bond donors (Lipinski definition) is 3. The maximum absolute atomic E-state index is 13.1. The highest BCUT2D eigenvalue weighted by Crippen LogP contribution is 2.44. The van der Waals surface area contributed by atoms with E-state index in [2.05, 4.69) is 15.3 Å². The number of nitrogen functional groups attached to an aromatic ring is 1. The molecule has 4 aromatic rings. The Balaban J connectivity index is 1.64. The van der Waals surface area contributed by atoms with Gasteiger partial charge in [-0.25, -0.2) is 15.0 Å². The molecule has 1 aliphatic carbocycles. The van der Waals surface area contributed by atoms with Gasteiger partial charge in [0.2, 0.25) is 5.95 Å². The lowest BCUT2D eigenvalue weighted by Crippen LogP contribution is -2.23. The average Bonchev–Trinajstić information content (AvgIpc) is 3.13. The van der Waals surface area contributed by atoms with Crippen molar-refractivity contribution < 1.29 is 9.32 Å². The minimum atomic E-state index is -1.11. The van der Waals surface area contributed by atoms with Crippen LogP contribution in [0, 0.1) is 0 Å². The molecular weight excluding hydrogens is 442 g/mol. The SMILES string of the molecule is Nc1c(S(=O)C2CCC2)sc2nc(-c3cnc(NCCO)nc3)cc(-c3ccccc3)c12. The molecule has 0 aliphatic heterocycles. The van der Waals surface area contributed by atoms with Crippen LogP contribution in [-0.2, 0) is 10.8 Å². The summed E-state index contributed by atoms with van der Waals surface area (Å²) in [5, 5.41) is 12.9. The van der Waals surface area contributed by atoms with Crippen molar-refractivity contribution in [1.29, 1.82) is 0 Å². The van der Waals surface area contributed by atoms with Gasteiger partial charge in [-0.05, 0) is 30.0 Å². The van der Waals surface area contributed by atoms with E-state index in [1.807, 2.05) is 36.4 Å². The second kappa shape index (κ2) is 8.93. The number of rotatable bonds is 7. The number of pyridine rings is 1. The van der Waals surface area contributed by atoms with Crippen LogP contribution in [0.15, 0.2) is 53.0 Å². The van der Waals surface area contributed by atoms with E-state index in [0.29, 0.717) is 18.2 Å². The molecule has 9 heteroatoms. The number of nitrogens with one attached hydrogen (secondary N) is 1. The topological polar surface area (TPSA) is 114 Å². The van der Waals surface area contributed by atoms with Gasteiger partial charge in [0.1, 0.15) is 9.04 Å². The van der Waals surface area contributed by atoms with Gasteiger partial charge in [-0.2, -0.15) is 0 Å². The number of benzene rings is 1. The first kappa shape index (κ1) is 21.0. The quantitative estimate of drug-likeness (QED) is 0.377. The normalized spacial score (nSPS) is 14.9. The number of thiophene rings is 1. The largest absolute Gasteiger partial charge is 0.396 e. The molecule has 0 radical (unpaired) electrons. The summed E-state index contributed by atoms with van der Waals surface area (Å²) in [5.74, 6) is 0.450. The molecule has 4 N–H and O–H groups in total.